The molecule has 1 unspecified atom stereocenters. The van der Waals surface area contributed by atoms with Gasteiger partial charge in [0, 0.05) is 26.1 Å². The molecular weight excluding hydrogens is 226 g/mol. The maximum atomic E-state index is 5.78. The molecule has 4 heteroatoms. The molecule has 0 spiro atoms. The SMILES string of the molecule is Cn1c(C2CCCOC2)nc2c(CN)cccc21. The highest BCUT2D eigenvalue weighted by Crippen LogP contribution is 2.28. The second-order valence-electron chi connectivity index (χ2n) is 4.93. The summed E-state index contributed by atoms with van der Waals surface area (Å²) in [6.07, 6.45) is 2.28. The summed E-state index contributed by atoms with van der Waals surface area (Å²) in [5.74, 6) is 1.55. The summed E-state index contributed by atoms with van der Waals surface area (Å²) in [6, 6.07) is 6.21. The Kier molecular flexibility index (Phi) is 3.06. The number of hydrogen-bond donors (Lipinski definition) is 1. The minimum absolute atomic E-state index is 0.418. The Hall–Kier alpha value is -1.39. The predicted octanol–water partition coefficient (Wildman–Crippen LogP) is 1.93. The van der Waals surface area contributed by atoms with Crippen molar-refractivity contribution in [2.45, 2.75) is 25.3 Å². The van der Waals surface area contributed by atoms with Crippen molar-refractivity contribution in [1.29, 1.82) is 0 Å². The molecule has 2 aromatic rings. The fourth-order valence-electron chi connectivity index (χ4n) is 2.76. The van der Waals surface area contributed by atoms with Gasteiger partial charge in [0.15, 0.2) is 0 Å². The van der Waals surface area contributed by atoms with Gasteiger partial charge in [-0.15, -0.1) is 0 Å². The van der Waals surface area contributed by atoms with Crippen LogP contribution in [0.15, 0.2) is 18.2 Å². The minimum Gasteiger partial charge on any atom is -0.381 e. The lowest BCUT2D eigenvalue weighted by Gasteiger charge is -2.21. The lowest BCUT2D eigenvalue weighted by molar-refractivity contribution is 0.0774. The highest BCUT2D eigenvalue weighted by molar-refractivity contribution is 5.79. The lowest BCUT2D eigenvalue weighted by atomic mass is 10.0. The molecule has 0 aliphatic carbocycles. The van der Waals surface area contributed by atoms with Crippen molar-refractivity contribution in [3.63, 3.8) is 0 Å². The van der Waals surface area contributed by atoms with Gasteiger partial charge >= 0.3 is 0 Å². The fraction of sp³-hybridized carbons (Fsp3) is 0.500. The maximum Gasteiger partial charge on any atom is 0.115 e. The van der Waals surface area contributed by atoms with Gasteiger partial charge in [0.05, 0.1) is 17.6 Å². The van der Waals surface area contributed by atoms with Crippen molar-refractivity contribution in [2.75, 3.05) is 13.2 Å². The van der Waals surface area contributed by atoms with E-state index in [-0.39, 0.29) is 0 Å². The third-order valence-electron chi connectivity index (χ3n) is 3.78. The number of para-hydroxylation sites is 1. The summed E-state index contributed by atoms with van der Waals surface area (Å²) < 4.78 is 7.75. The topological polar surface area (TPSA) is 53.1 Å². The second kappa shape index (κ2) is 4.71. The van der Waals surface area contributed by atoms with E-state index in [1.165, 1.54) is 5.52 Å². The van der Waals surface area contributed by atoms with Crippen LogP contribution in [-0.2, 0) is 18.3 Å². The molecule has 1 saturated heterocycles. The first kappa shape index (κ1) is 11.7. The van der Waals surface area contributed by atoms with E-state index in [0.717, 1.165) is 43.0 Å². The van der Waals surface area contributed by atoms with Crippen molar-refractivity contribution in [1.82, 2.24) is 9.55 Å². The number of fused-ring (bicyclic) bond motifs is 1. The van der Waals surface area contributed by atoms with Crippen LogP contribution in [-0.4, -0.2) is 22.8 Å². The van der Waals surface area contributed by atoms with Gasteiger partial charge < -0.3 is 15.0 Å². The number of rotatable bonds is 2. The average Bonchev–Trinajstić information content (AvgIpc) is 2.77. The van der Waals surface area contributed by atoms with Gasteiger partial charge in [0.1, 0.15) is 5.82 Å². The van der Waals surface area contributed by atoms with E-state index in [9.17, 15) is 0 Å². The molecule has 2 heterocycles. The zero-order valence-electron chi connectivity index (χ0n) is 10.7. The molecule has 18 heavy (non-hydrogen) atoms. The van der Waals surface area contributed by atoms with Crippen molar-refractivity contribution >= 4 is 11.0 Å². The number of ether oxygens (including phenoxy) is 1. The second-order valence-corrected chi connectivity index (χ2v) is 4.93. The molecule has 0 radical (unpaired) electrons. The molecule has 1 aliphatic heterocycles. The van der Waals surface area contributed by atoms with Crippen LogP contribution in [0.4, 0.5) is 0 Å². The zero-order valence-corrected chi connectivity index (χ0v) is 10.7. The van der Waals surface area contributed by atoms with Crippen molar-refractivity contribution in [2.24, 2.45) is 12.8 Å². The van der Waals surface area contributed by atoms with Crippen LogP contribution in [0.3, 0.4) is 0 Å². The van der Waals surface area contributed by atoms with Crippen LogP contribution in [0.2, 0.25) is 0 Å². The molecule has 4 nitrogen and oxygen atoms in total. The molecule has 1 atom stereocenters. The number of benzene rings is 1. The quantitative estimate of drug-likeness (QED) is 0.879. The van der Waals surface area contributed by atoms with Crippen molar-refractivity contribution in [3.8, 4) is 0 Å². The van der Waals surface area contributed by atoms with Crippen LogP contribution < -0.4 is 5.73 Å². The summed E-state index contributed by atoms with van der Waals surface area (Å²) in [7, 11) is 2.08. The number of imidazole rings is 1. The number of nitrogens with two attached hydrogens (primary N) is 1. The van der Waals surface area contributed by atoms with Gasteiger partial charge in [0.25, 0.3) is 0 Å². The first-order valence-electron chi connectivity index (χ1n) is 6.53. The maximum absolute atomic E-state index is 5.78. The van der Waals surface area contributed by atoms with Crippen LogP contribution in [0, 0.1) is 0 Å². The first-order valence-corrected chi connectivity index (χ1v) is 6.53. The third kappa shape index (κ3) is 1.82. The van der Waals surface area contributed by atoms with E-state index in [1.54, 1.807) is 0 Å². The smallest absolute Gasteiger partial charge is 0.115 e. The monoisotopic (exact) mass is 245 g/mol. The lowest BCUT2D eigenvalue weighted by Crippen LogP contribution is -2.18. The highest BCUT2D eigenvalue weighted by atomic mass is 16.5. The van der Waals surface area contributed by atoms with Gasteiger partial charge in [-0.3, -0.25) is 0 Å². The Morgan fingerprint density at radius 1 is 1.50 bits per heavy atom. The summed E-state index contributed by atoms with van der Waals surface area (Å²) >= 11 is 0. The Balaban J connectivity index is 2.09. The first-order chi connectivity index (χ1) is 8.81. The van der Waals surface area contributed by atoms with E-state index in [1.807, 2.05) is 6.07 Å². The van der Waals surface area contributed by atoms with Crippen molar-refractivity contribution in [3.05, 3.63) is 29.6 Å². The third-order valence-corrected chi connectivity index (χ3v) is 3.78. The van der Waals surface area contributed by atoms with Gasteiger partial charge in [0.2, 0.25) is 0 Å². The number of nitrogens with zero attached hydrogens (tertiary/aromatic N) is 2. The van der Waals surface area contributed by atoms with Gasteiger partial charge in [-0.1, -0.05) is 12.1 Å². The van der Waals surface area contributed by atoms with E-state index < -0.39 is 0 Å². The molecule has 1 aromatic heterocycles. The largest absolute Gasteiger partial charge is 0.381 e. The van der Waals surface area contributed by atoms with Crippen LogP contribution in [0.5, 0.6) is 0 Å². The number of aromatic nitrogens is 2. The highest BCUT2D eigenvalue weighted by Gasteiger charge is 2.22. The predicted molar refractivity (Wildman–Crippen MR) is 71.4 cm³/mol. The molecule has 0 saturated carbocycles. The summed E-state index contributed by atoms with van der Waals surface area (Å²) in [5.41, 5.74) is 9.11. The van der Waals surface area contributed by atoms with Gasteiger partial charge in [-0.05, 0) is 24.5 Å². The Bertz CT molecular complexity index is 555. The molecule has 3 rings (SSSR count). The van der Waals surface area contributed by atoms with Gasteiger partial charge in [-0.25, -0.2) is 4.98 Å². The average molecular weight is 245 g/mol. The standard InChI is InChI=1S/C14H19N3O/c1-17-12-6-2-4-10(8-15)13(12)16-14(17)11-5-3-7-18-9-11/h2,4,6,11H,3,5,7-9,15H2,1H3. The molecule has 0 bridgehead atoms. The van der Waals surface area contributed by atoms with Crippen molar-refractivity contribution < 1.29 is 4.74 Å². The molecule has 1 aliphatic rings. The Morgan fingerprint density at radius 2 is 2.39 bits per heavy atom. The summed E-state index contributed by atoms with van der Waals surface area (Å²) in [5, 5.41) is 0. The van der Waals surface area contributed by atoms with Crippen LogP contribution >= 0.6 is 0 Å². The Morgan fingerprint density at radius 3 is 3.11 bits per heavy atom. The van der Waals surface area contributed by atoms with E-state index in [2.05, 4.69) is 23.7 Å². The fourth-order valence-corrected chi connectivity index (χ4v) is 2.76. The molecular formula is C14H19N3O. The normalized spacial score (nSPS) is 20.4. The molecule has 0 amide bonds. The molecule has 1 aromatic carbocycles. The van der Waals surface area contributed by atoms with Crippen LogP contribution in [0.25, 0.3) is 11.0 Å². The minimum atomic E-state index is 0.418. The Labute approximate surface area is 107 Å². The van der Waals surface area contributed by atoms with Crippen LogP contribution in [0.1, 0.15) is 30.1 Å². The number of aryl methyl sites for hydroxylation is 1. The van der Waals surface area contributed by atoms with Gasteiger partial charge in [-0.2, -0.15) is 0 Å². The molecule has 96 valence electrons. The molecule has 1 fully saturated rings. The van der Waals surface area contributed by atoms with E-state index >= 15 is 0 Å². The summed E-state index contributed by atoms with van der Waals surface area (Å²) in [4.78, 5) is 4.81. The van der Waals surface area contributed by atoms with E-state index in [0.29, 0.717) is 12.5 Å². The van der Waals surface area contributed by atoms with E-state index in [4.69, 9.17) is 15.5 Å². The summed E-state index contributed by atoms with van der Waals surface area (Å²) in [6.45, 7) is 2.21. The molecule has 2 N–H and O–H groups in total. The number of hydrogen-bond acceptors (Lipinski definition) is 3. The zero-order chi connectivity index (χ0) is 12.5.